The topological polar surface area (TPSA) is 88.9 Å². The van der Waals surface area contributed by atoms with Crippen molar-refractivity contribution in [3.63, 3.8) is 0 Å². The van der Waals surface area contributed by atoms with E-state index in [9.17, 15) is 9.59 Å². The molecule has 0 atom stereocenters. The SMILES string of the molecule is CCc1ccc(NC(=O)CSc2nnc(CNC(=O)c3ccccc3Br)n2C)cc1. The van der Waals surface area contributed by atoms with Gasteiger partial charge in [-0.25, -0.2) is 0 Å². The highest BCUT2D eigenvalue weighted by atomic mass is 79.9. The first-order valence-electron chi connectivity index (χ1n) is 9.40. The number of nitrogens with zero attached hydrogens (tertiary/aromatic N) is 3. The highest BCUT2D eigenvalue weighted by Gasteiger charge is 2.14. The van der Waals surface area contributed by atoms with Gasteiger partial charge in [0.25, 0.3) is 5.91 Å². The average Bonchev–Trinajstić information content (AvgIpc) is 3.11. The van der Waals surface area contributed by atoms with Crippen LogP contribution in [-0.4, -0.2) is 32.3 Å². The van der Waals surface area contributed by atoms with Crippen molar-refractivity contribution in [2.24, 2.45) is 7.05 Å². The van der Waals surface area contributed by atoms with Gasteiger partial charge in [0.2, 0.25) is 5.91 Å². The summed E-state index contributed by atoms with van der Waals surface area (Å²) in [5.74, 6) is 0.503. The number of carbonyl (C=O) groups excluding carboxylic acids is 2. The summed E-state index contributed by atoms with van der Waals surface area (Å²) in [5, 5.41) is 14.6. The molecule has 0 fully saturated rings. The van der Waals surface area contributed by atoms with Gasteiger partial charge in [0.1, 0.15) is 0 Å². The third-order valence-corrected chi connectivity index (χ3v) is 6.14. The molecule has 0 unspecified atom stereocenters. The lowest BCUT2D eigenvalue weighted by Crippen LogP contribution is -2.24. The van der Waals surface area contributed by atoms with E-state index in [2.05, 4.69) is 43.7 Å². The van der Waals surface area contributed by atoms with Crippen LogP contribution in [0.15, 0.2) is 58.2 Å². The molecule has 2 N–H and O–H groups in total. The number of hydrogen-bond acceptors (Lipinski definition) is 5. The molecule has 2 aromatic carbocycles. The van der Waals surface area contributed by atoms with Crippen molar-refractivity contribution in [2.75, 3.05) is 11.1 Å². The van der Waals surface area contributed by atoms with Gasteiger partial charge < -0.3 is 15.2 Å². The van der Waals surface area contributed by atoms with E-state index >= 15 is 0 Å². The standard InChI is InChI=1S/C21H22BrN5O2S/c1-3-14-8-10-15(11-9-14)24-19(28)13-30-21-26-25-18(27(21)2)12-23-20(29)16-6-4-5-7-17(16)22/h4-11H,3,12-13H2,1-2H3,(H,23,29)(H,24,28). The Balaban J connectivity index is 1.51. The van der Waals surface area contributed by atoms with Crippen molar-refractivity contribution in [1.82, 2.24) is 20.1 Å². The fraction of sp³-hybridized carbons (Fsp3) is 0.238. The number of thioether (sulfide) groups is 1. The van der Waals surface area contributed by atoms with Crippen molar-refractivity contribution in [2.45, 2.75) is 25.0 Å². The third-order valence-electron chi connectivity index (χ3n) is 4.43. The predicted molar refractivity (Wildman–Crippen MR) is 121 cm³/mol. The minimum absolute atomic E-state index is 0.115. The van der Waals surface area contributed by atoms with Crippen LogP contribution in [-0.2, 0) is 24.8 Å². The molecule has 9 heteroatoms. The van der Waals surface area contributed by atoms with Crippen LogP contribution >= 0.6 is 27.7 Å². The summed E-state index contributed by atoms with van der Waals surface area (Å²) in [5.41, 5.74) is 2.55. The maximum Gasteiger partial charge on any atom is 0.252 e. The van der Waals surface area contributed by atoms with Crippen molar-refractivity contribution >= 4 is 45.2 Å². The van der Waals surface area contributed by atoms with Crippen LogP contribution in [0.2, 0.25) is 0 Å². The smallest absolute Gasteiger partial charge is 0.252 e. The lowest BCUT2D eigenvalue weighted by atomic mass is 10.1. The molecule has 156 valence electrons. The molecule has 1 heterocycles. The van der Waals surface area contributed by atoms with E-state index in [1.165, 1.54) is 17.3 Å². The molecule has 0 radical (unpaired) electrons. The molecule has 0 aliphatic carbocycles. The van der Waals surface area contributed by atoms with Crippen molar-refractivity contribution in [3.8, 4) is 0 Å². The van der Waals surface area contributed by atoms with Crippen molar-refractivity contribution < 1.29 is 9.59 Å². The van der Waals surface area contributed by atoms with Gasteiger partial charge >= 0.3 is 0 Å². The summed E-state index contributed by atoms with van der Waals surface area (Å²) in [6, 6.07) is 15.0. The van der Waals surface area contributed by atoms with Crippen LogP contribution in [0, 0.1) is 0 Å². The number of anilines is 1. The Morgan fingerprint density at radius 2 is 1.83 bits per heavy atom. The van der Waals surface area contributed by atoms with Crippen LogP contribution in [0.5, 0.6) is 0 Å². The van der Waals surface area contributed by atoms with Gasteiger partial charge in [-0.1, -0.05) is 43.0 Å². The summed E-state index contributed by atoms with van der Waals surface area (Å²) in [6.07, 6.45) is 0.960. The van der Waals surface area contributed by atoms with Crippen molar-refractivity contribution in [3.05, 3.63) is 70.0 Å². The molecular formula is C21H22BrN5O2S. The maximum atomic E-state index is 12.3. The van der Waals surface area contributed by atoms with Gasteiger partial charge in [0.05, 0.1) is 17.9 Å². The molecule has 0 aliphatic rings. The van der Waals surface area contributed by atoms with Gasteiger partial charge in [-0.15, -0.1) is 10.2 Å². The predicted octanol–water partition coefficient (Wildman–Crippen LogP) is 3.80. The molecule has 30 heavy (non-hydrogen) atoms. The van der Waals surface area contributed by atoms with Gasteiger partial charge in [-0.05, 0) is 52.2 Å². The van der Waals surface area contributed by atoms with Gasteiger partial charge in [0.15, 0.2) is 11.0 Å². The Morgan fingerprint density at radius 3 is 2.53 bits per heavy atom. The average molecular weight is 488 g/mol. The second-order valence-electron chi connectivity index (χ2n) is 6.51. The van der Waals surface area contributed by atoms with Crippen molar-refractivity contribution in [1.29, 1.82) is 0 Å². The zero-order valence-corrected chi connectivity index (χ0v) is 19.1. The summed E-state index contributed by atoms with van der Waals surface area (Å²) < 4.78 is 2.50. The van der Waals surface area contributed by atoms with Crippen LogP contribution in [0.4, 0.5) is 5.69 Å². The monoisotopic (exact) mass is 487 g/mol. The van der Waals surface area contributed by atoms with E-state index in [1.807, 2.05) is 43.4 Å². The van der Waals surface area contributed by atoms with E-state index in [0.717, 1.165) is 16.6 Å². The molecule has 3 aromatic rings. The number of rotatable bonds is 8. The minimum atomic E-state index is -0.201. The Bertz CT molecular complexity index is 1040. The molecule has 2 amide bonds. The van der Waals surface area contributed by atoms with Gasteiger partial charge in [-0.3, -0.25) is 9.59 Å². The Morgan fingerprint density at radius 1 is 1.10 bits per heavy atom. The van der Waals surface area contributed by atoms with Crippen LogP contribution in [0.3, 0.4) is 0 Å². The zero-order chi connectivity index (χ0) is 21.5. The molecular weight excluding hydrogens is 466 g/mol. The number of benzene rings is 2. The Hall–Kier alpha value is -2.65. The number of carbonyl (C=O) groups is 2. The number of aromatic nitrogens is 3. The minimum Gasteiger partial charge on any atom is -0.345 e. The van der Waals surface area contributed by atoms with E-state index < -0.39 is 0 Å². The molecule has 0 spiro atoms. The van der Waals surface area contributed by atoms with Gasteiger partial charge in [0, 0.05) is 17.2 Å². The van der Waals surface area contributed by atoms with E-state index in [-0.39, 0.29) is 24.1 Å². The molecule has 0 aliphatic heterocycles. The lowest BCUT2D eigenvalue weighted by Gasteiger charge is -2.08. The quantitative estimate of drug-likeness (QED) is 0.471. The normalized spacial score (nSPS) is 10.6. The highest BCUT2D eigenvalue weighted by molar-refractivity contribution is 9.10. The Kier molecular flexibility index (Phi) is 7.64. The number of nitrogens with one attached hydrogen (secondary N) is 2. The first-order valence-corrected chi connectivity index (χ1v) is 11.2. The molecule has 0 saturated carbocycles. The summed E-state index contributed by atoms with van der Waals surface area (Å²) in [6.45, 7) is 2.33. The molecule has 1 aromatic heterocycles. The first-order chi connectivity index (χ1) is 14.5. The lowest BCUT2D eigenvalue weighted by molar-refractivity contribution is -0.113. The highest BCUT2D eigenvalue weighted by Crippen LogP contribution is 2.18. The van der Waals surface area contributed by atoms with Gasteiger partial charge in [-0.2, -0.15) is 0 Å². The second kappa shape index (κ2) is 10.4. The Labute approximate surface area is 187 Å². The first kappa shape index (κ1) is 22.0. The summed E-state index contributed by atoms with van der Waals surface area (Å²) in [7, 11) is 1.81. The zero-order valence-electron chi connectivity index (χ0n) is 16.7. The number of amides is 2. The number of hydrogen-bond donors (Lipinski definition) is 2. The molecule has 7 nitrogen and oxygen atoms in total. The second-order valence-corrected chi connectivity index (χ2v) is 8.30. The number of aryl methyl sites for hydroxylation is 1. The van der Waals surface area contributed by atoms with Crippen LogP contribution in [0.1, 0.15) is 28.7 Å². The van der Waals surface area contributed by atoms with E-state index in [0.29, 0.717) is 16.5 Å². The maximum absolute atomic E-state index is 12.3. The van der Waals surface area contributed by atoms with Crippen LogP contribution < -0.4 is 10.6 Å². The third kappa shape index (κ3) is 5.70. The summed E-state index contributed by atoms with van der Waals surface area (Å²) >= 11 is 4.66. The number of halogens is 1. The van der Waals surface area contributed by atoms with Crippen LogP contribution in [0.25, 0.3) is 0 Å². The fourth-order valence-corrected chi connectivity index (χ4v) is 3.87. The van der Waals surface area contributed by atoms with E-state index in [4.69, 9.17) is 0 Å². The molecule has 3 rings (SSSR count). The molecule has 0 bridgehead atoms. The molecule has 0 saturated heterocycles. The largest absolute Gasteiger partial charge is 0.345 e. The fourth-order valence-electron chi connectivity index (χ4n) is 2.68. The van der Waals surface area contributed by atoms with E-state index in [1.54, 1.807) is 16.7 Å². The summed E-state index contributed by atoms with van der Waals surface area (Å²) in [4.78, 5) is 24.5.